The summed E-state index contributed by atoms with van der Waals surface area (Å²) in [5, 5.41) is 4.15. The molecule has 3 aromatic rings. The van der Waals surface area contributed by atoms with Gasteiger partial charge in [-0.3, -0.25) is 14.7 Å². The smallest absolute Gasteiger partial charge is 0.256 e. The summed E-state index contributed by atoms with van der Waals surface area (Å²) >= 11 is 1.69. The average molecular weight is 421 g/mol. The zero-order valence-corrected chi connectivity index (χ0v) is 18.4. The van der Waals surface area contributed by atoms with E-state index in [1.807, 2.05) is 42.7 Å². The van der Waals surface area contributed by atoms with Crippen LogP contribution in [-0.2, 0) is 6.42 Å². The van der Waals surface area contributed by atoms with Gasteiger partial charge in [-0.05, 0) is 49.4 Å². The number of anilines is 1. The summed E-state index contributed by atoms with van der Waals surface area (Å²) in [6.07, 6.45) is 4.66. The highest BCUT2D eigenvalue weighted by molar-refractivity contribution is 7.16. The Morgan fingerprint density at radius 3 is 2.47 bits per heavy atom. The second kappa shape index (κ2) is 9.51. The monoisotopic (exact) mass is 420 g/mol. The highest BCUT2D eigenvalue weighted by atomic mass is 32.1. The van der Waals surface area contributed by atoms with Crippen molar-refractivity contribution >= 4 is 22.2 Å². The second-order valence-corrected chi connectivity index (χ2v) is 8.83. The van der Waals surface area contributed by atoms with Gasteiger partial charge in [0.25, 0.3) is 5.91 Å². The molecule has 30 heavy (non-hydrogen) atoms. The van der Waals surface area contributed by atoms with Crippen molar-refractivity contribution in [3.63, 3.8) is 0 Å². The molecule has 2 aromatic heterocycles. The number of aryl methyl sites for hydroxylation is 1. The molecule has 4 rings (SSSR count). The van der Waals surface area contributed by atoms with Crippen LogP contribution in [0.5, 0.6) is 0 Å². The van der Waals surface area contributed by atoms with E-state index in [-0.39, 0.29) is 11.9 Å². The van der Waals surface area contributed by atoms with Crippen LogP contribution in [0.1, 0.15) is 39.3 Å². The molecule has 3 heterocycles. The minimum Gasteiger partial charge on any atom is -0.313 e. The van der Waals surface area contributed by atoms with Crippen LogP contribution in [-0.4, -0.2) is 53.9 Å². The first-order valence-corrected chi connectivity index (χ1v) is 11.3. The molecule has 0 bridgehead atoms. The van der Waals surface area contributed by atoms with Crippen LogP contribution in [0.3, 0.4) is 0 Å². The first-order chi connectivity index (χ1) is 14.7. The summed E-state index contributed by atoms with van der Waals surface area (Å²) in [5.74, 6) is -0.0618. The molecular formula is C24H28N4OS. The number of aromatic nitrogens is 1. The zero-order chi connectivity index (χ0) is 20.9. The molecule has 5 nitrogen and oxygen atoms in total. The molecule has 1 aliphatic heterocycles. The van der Waals surface area contributed by atoms with Crippen LogP contribution in [0.2, 0.25) is 0 Å². The van der Waals surface area contributed by atoms with Crippen LogP contribution >= 0.6 is 11.3 Å². The number of amides is 1. The van der Waals surface area contributed by atoms with E-state index in [1.54, 1.807) is 11.3 Å². The first-order valence-electron chi connectivity index (χ1n) is 10.5. The number of piperazine rings is 1. The van der Waals surface area contributed by atoms with Gasteiger partial charge in [0, 0.05) is 54.6 Å². The van der Waals surface area contributed by atoms with Crippen molar-refractivity contribution in [3.05, 3.63) is 82.5 Å². The van der Waals surface area contributed by atoms with E-state index in [0.717, 1.165) is 37.6 Å². The van der Waals surface area contributed by atoms with Crippen LogP contribution in [0.25, 0.3) is 0 Å². The Kier molecular flexibility index (Phi) is 6.57. The number of thiophene rings is 1. The molecule has 1 fully saturated rings. The minimum absolute atomic E-state index is 0.0618. The number of carbonyl (C=O) groups excluding carboxylic acids is 1. The molecule has 0 saturated carbocycles. The Bertz CT molecular complexity index is 965. The van der Waals surface area contributed by atoms with E-state index in [1.165, 1.54) is 16.0 Å². The molecule has 0 radical (unpaired) electrons. The maximum Gasteiger partial charge on any atom is 0.256 e. The molecule has 6 heteroatoms. The van der Waals surface area contributed by atoms with E-state index < -0.39 is 0 Å². The van der Waals surface area contributed by atoms with E-state index >= 15 is 0 Å². The predicted molar refractivity (Wildman–Crippen MR) is 123 cm³/mol. The van der Waals surface area contributed by atoms with Gasteiger partial charge >= 0.3 is 0 Å². The molecular weight excluding hydrogens is 392 g/mol. The largest absolute Gasteiger partial charge is 0.313 e. The standard InChI is InChI=1S/C24H28N4OS/c1-3-20-17-21(24(30-20)26-23(29)19-7-5-4-6-8-19)22(18-9-11-25-12-10-18)28-15-13-27(2)14-16-28/h4-12,17,22H,3,13-16H2,1-2H3,(H,26,29)/t22-/m1/s1. The molecule has 1 aromatic carbocycles. The summed E-state index contributed by atoms with van der Waals surface area (Å²) in [5.41, 5.74) is 3.07. The fourth-order valence-corrected chi connectivity index (χ4v) is 4.94. The Morgan fingerprint density at radius 1 is 1.10 bits per heavy atom. The van der Waals surface area contributed by atoms with Crippen LogP contribution < -0.4 is 5.32 Å². The van der Waals surface area contributed by atoms with Crippen LogP contribution in [0.15, 0.2) is 60.9 Å². The van der Waals surface area contributed by atoms with Crippen molar-refractivity contribution in [1.29, 1.82) is 0 Å². The molecule has 1 atom stereocenters. The molecule has 1 amide bonds. The highest BCUT2D eigenvalue weighted by Crippen LogP contribution is 2.39. The Morgan fingerprint density at radius 2 is 1.80 bits per heavy atom. The third-order valence-electron chi connectivity index (χ3n) is 5.64. The highest BCUT2D eigenvalue weighted by Gasteiger charge is 2.29. The fourth-order valence-electron chi connectivity index (χ4n) is 3.91. The Balaban J connectivity index is 1.71. The summed E-state index contributed by atoms with van der Waals surface area (Å²) in [6.45, 7) is 6.23. The SMILES string of the molecule is CCc1cc([C@@H](c2ccncc2)N2CCN(C)CC2)c(NC(=O)c2ccccc2)s1. The zero-order valence-electron chi connectivity index (χ0n) is 17.5. The third kappa shape index (κ3) is 4.61. The number of hydrogen-bond donors (Lipinski definition) is 1. The van der Waals surface area contributed by atoms with E-state index in [9.17, 15) is 4.79 Å². The molecule has 1 aliphatic rings. The maximum atomic E-state index is 12.9. The molecule has 1 N–H and O–H groups in total. The number of rotatable bonds is 6. The van der Waals surface area contributed by atoms with Gasteiger partial charge in [0.1, 0.15) is 5.00 Å². The number of nitrogens with one attached hydrogen (secondary N) is 1. The normalized spacial score (nSPS) is 16.3. The van der Waals surface area contributed by atoms with E-state index in [0.29, 0.717) is 5.56 Å². The topological polar surface area (TPSA) is 48.5 Å². The summed E-state index contributed by atoms with van der Waals surface area (Å²) in [7, 11) is 2.17. The van der Waals surface area contributed by atoms with Gasteiger partial charge in [-0.1, -0.05) is 25.1 Å². The van der Waals surface area contributed by atoms with E-state index in [2.05, 4.69) is 52.3 Å². The second-order valence-electron chi connectivity index (χ2n) is 7.69. The van der Waals surface area contributed by atoms with Crippen molar-refractivity contribution in [2.75, 3.05) is 38.5 Å². The van der Waals surface area contributed by atoms with Gasteiger partial charge in [-0.25, -0.2) is 0 Å². The van der Waals surface area contributed by atoms with E-state index in [4.69, 9.17) is 0 Å². The Hall–Kier alpha value is -2.54. The lowest BCUT2D eigenvalue weighted by Crippen LogP contribution is -2.46. The minimum atomic E-state index is -0.0618. The lowest BCUT2D eigenvalue weighted by molar-refractivity contribution is 0.102. The van der Waals surface area contributed by atoms with Gasteiger partial charge in [-0.2, -0.15) is 0 Å². The number of benzene rings is 1. The van der Waals surface area contributed by atoms with Crippen molar-refractivity contribution in [2.45, 2.75) is 19.4 Å². The Labute approximate surface area is 182 Å². The molecule has 156 valence electrons. The third-order valence-corrected chi connectivity index (χ3v) is 6.85. The van der Waals surface area contributed by atoms with Crippen LogP contribution in [0.4, 0.5) is 5.00 Å². The molecule has 0 unspecified atom stereocenters. The number of carbonyl (C=O) groups is 1. The lowest BCUT2D eigenvalue weighted by atomic mass is 9.98. The summed E-state index contributed by atoms with van der Waals surface area (Å²) in [4.78, 5) is 23.3. The van der Waals surface area contributed by atoms with Gasteiger partial charge in [0.15, 0.2) is 0 Å². The number of likely N-dealkylation sites (N-methyl/N-ethyl adjacent to an activating group) is 1. The predicted octanol–water partition coefficient (Wildman–Crippen LogP) is 4.29. The number of nitrogens with zero attached hydrogens (tertiary/aromatic N) is 3. The summed E-state index contributed by atoms with van der Waals surface area (Å²) in [6, 6.07) is 16.0. The van der Waals surface area contributed by atoms with Crippen LogP contribution in [0, 0.1) is 0 Å². The number of hydrogen-bond acceptors (Lipinski definition) is 5. The van der Waals surface area contributed by atoms with Gasteiger partial charge in [-0.15, -0.1) is 11.3 Å². The first kappa shape index (κ1) is 20.7. The van der Waals surface area contributed by atoms with Crippen molar-refractivity contribution in [1.82, 2.24) is 14.8 Å². The van der Waals surface area contributed by atoms with Crippen molar-refractivity contribution < 1.29 is 4.79 Å². The molecule has 1 saturated heterocycles. The quantitative estimate of drug-likeness (QED) is 0.646. The van der Waals surface area contributed by atoms with Crippen molar-refractivity contribution in [3.8, 4) is 0 Å². The fraction of sp³-hybridized carbons (Fsp3) is 0.333. The number of pyridine rings is 1. The lowest BCUT2D eigenvalue weighted by Gasteiger charge is -2.38. The summed E-state index contributed by atoms with van der Waals surface area (Å²) < 4.78 is 0. The molecule has 0 aliphatic carbocycles. The van der Waals surface area contributed by atoms with Gasteiger partial charge in [0.2, 0.25) is 0 Å². The maximum absolute atomic E-state index is 12.9. The molecule has 0 spiro atoms. The van der Waals surface area contributed by atoms with Gasteiger partial charge in [0.05, 0.1) is 6.04 Å². The van der Waals surface area contributed by atoms with Gasteiger partial charge < -0.3 is 10.2 Å². The average Bonchev–Trinajstić information content (AvgIpc) is 3.19. The van der Waals surface area contributed by atoms with Crippen molar-refractivity contribution in [2.24, 2.45) is 0 Å².